The number of unbranched alkanes of at least 4 members (excludes halogenated alkanes) is 6. The van der Waals surface area contributed by atoms with Gasteiger partial charge in [0.2, 0.25) is 17.7 Å². The molecule has 0 aromatic heterocycles. The van der Waals surface area contributed by atoms with Gasteiger partial charge in [0, 0.05) is 169 Å². The molecule has 0 spiro atoms. The van der Waals surface area contributed by atoms with E-state index >= 15 is 0 Å². The van der Waals surface area contributed by atoms with Crippen molar-refractivity contribution < 1.29 is 81.9 Å². The second kappa shape index (κ2) is 50.9. The van der Waals surface area contributed by atoms with Gasteiger partial charge >= 0.3 is 25.0 Å². The van der Waals surface area contributed by atoms with Gasteiger partial charge < -0.3 is 77.9 Å². The number of benzene rings is 5. The second-order valence-electron chi connectivity index (χ2n) is 26.3. The summed E-state index contributed by atoms with van der Waals surface area (Å²) in [6.07, 6.45) is 10.1. The summed E-state index contributed by atoms with van der Waals surface area (Å²) in [4.78, 5) is 150. The van der Waals surface area contributed by atoms with Gasteiger partial charge in [-0.25, -0.2) is 4.79 Å². The van der Waals surface area contributed by atoms with Crippen LogP contribution in [0.15, 0.2) is 109 Å². The highest BCUT2D eigenvalue weighted by molar-refractivity contribution is 9.08. The molecule has 111 heavy (non-hydrogen) atoms. The molecule has 32 heteroatoms. The number of hydroxylamine groups is 2. The number of amides is 9. The molecule has 1 fully saturated rings. The lowest BCUT2D eigenvalue weighted by molar-refractivity contribution is -0.197. The molecular weight excluding hydrogens is 1490 g/mol. The largest absolute Gasteiger partial charge is 0.488 e. The molecule has 0 saturated carbocycles. The van der Waals surface area contributed by atoms with Crippen LogP contribution in [0.4, 0.5) is 11.4 Å². The van der Waals surface area contributed by atoms with Crippen molar-refractivity contribution in [1.82, 2.24) is 52.1 Å². The third-order valence-electron chi connectivity index (χ3n) is 17.8. The first-order valence-electron chi connectivity index (χ1n) is 37.7. The van der Waals surface area contributed by atoms with E-state index in [1.54, 1.807) is 50.2 Å². The van der Waals surface area contributed by atoms with Crippen LogP contribution in [0.25, 0.3) is 21.5 Å². The number of rotatable bonds is 46. The maximum absolute atomic E-state index is 13.3. The van der Waals surface area contributed by atoms with Crippen LogP contribution in [-0.4, -0.2) is 222 Å². The molecule has 13 N–H and O–H groups in total. The van der Waals surface area contributed by atoms with E-state index < -0.39 is 30.9 Å². The summed E-state index contributed by atoms with van der Waals surface area (Å²) in [5.41, 5.74) is 11.6. The van der Waals surface area contributed by atoms with Crippen molar-refractivity contribution in [1.29, 1.82) is 0 Å². The fraction of sp³-hybridized carbons (Fsp3) is 0.468. The molecule has 30 nitrogen and oxygen atoms in total. The van der Waals surface area contributed by atoms with Gasteiger partial charge in [-0.15, -0.1) is 5.06 Å². The lowest BCUT2D eigenvalue weighted by Crippen LogP contribution is -2.42. The van der Waals surface area contributed by atoms with Crippen molar-refractivity contribution in [3.05, 3.63) is 137 Å². The normalized spacial score (nSPS) is 12.6. The molecule has 0 atom stereocenters. The number of nitrogens with one attached hydrogen (secondary N) is 9. The Bertz CT molecular complexity index is 3950. The van der Waals surface area contributed by atoms with Gasteiger partial charge in [-0.05, 0) is 126 Å². The molecule has 0 aliphatic carbocycles. The molecule has 0 bridgehead atoms. The Kier molecular flexibility index (Phi) is 42.1. The fourth-order valence-corrected chi connectivity index (χ4v) is 12.3. The Hall–Kier alpha value is -9.80. The summed E-state index contributed by atoms with van der Waals surface area (Å²) in [6.45, 7) is 21.3. The van der Waals surface area contributed by atoms with Gasteiger partial charge in [0.1, 0.15) is 0 Å². The Balaban J connectivity index is 0.000000300. The highest BCUT2D eigenvalue weighted by atomic mass is 79.9. The lowest BCUT2D eigenvalue weighted by Gasteiger charge is -2.28. The van der Waals surface area contributed by atoms with Gasteiger partial charge in [0.15, 0.2) is 0 Å². The quantitative estimate of drug-likeness (QED) is 0.00596. The smallest absolute Gasteiger partial charge is 0.469 e. The summed E-state index contributed by atoms with van der Waals surface area (Å²) in [6, 6.07) is 25.7. The third kappa shape index (κ3) is 30.8. The van der Waals surface area contributed by atoms with Crippen LogP contribution in [0.2, 0.25) is 0 Å². The van der Waals surface area contributed by atoms with E-state index in [9.17, 15) is 57.5 Å². The van der Waals surface area contributed by atoms with Crippen LogP contribution in [0.5, 0.6) is 0 Å². The Morgan fingerprint density at radius 2 is 0.874 bits per heavy atom. The van der Waals surface area contributed by atoms with Crippen molar-refractivity contribution in [2.45, 2.75) is 122 Å². The van der Waals surface area contributed by atoms with Gasteiger partial charge in [-0.3, -0.25) is 62.5 Å². The molecule has 3 heterocycles. The lowest BCUT2D eigenvalue weighted by atomic mass is 9.77. The van der Waals surface area contributed by atoms with E-state index in [1.165, 1.54) is 43.3 Å². The number of alkyl halides is 1. The van der Waals surface area contributed by atoms with Crippen LogP contribution in [0.3, 0.4) is 0 Å². The van der Waals surface area contributed by atoms with Crippen LogP contribution < -0.4 is 59.0 Å². The molecule has 3 aliphatic heterocycles. The van der Waals surface area contributed by atoms with Gasteiger partial charge in [-0.2, -0.15) is 0 Å². The first-order chi connectivity index (χ1) is 53.5. The maximum atomic E-state index is 13.3. The van der Waals surface area contributed by atoms with Crippen LogP contribution in [0, 0.1) is 0 Å². The minimum Gasteiger partial charge on any atom is -0.469 e. The SMILES string of the molecule is C=C(C)C(=O)NCCCN1C(=O)c2cccc3c(NCCNCCCCCCNCCN)ccc(c23)C1=O.C=C(C)C(=O)NCCCN1C(=O)c2cccc3c(NCCNCCCCCCNCCNC(=O)CCC(=O)OC)ccc(c23)C1=O.COC(=O)CCC(=O)ON1C(=O)CCC1=O.OB(O)c1ccccc1CBr. The first kappa shape index (κ1) is 91.8. The average molecular weight is 1600 g/mol. The molecule has 5 aromatic rings. The van der Waals surface area contributed by atoms with Gasteiger partial charge in [-0.1, -0.05) is 103 Å². The van der Waals surface area contributed by atoms with E-state index in [4.69, 9.17) is 15.8 Å². The van der Waals surface area contributed by atoms with Crippen molar-refractivity contribution in [2.24, 2.45) is 5.73 Å². The Morgan fingerprint density at radius 3 is 1.28 bits per heavy atom. The monoisotopic (exact) mass is 1600 g/mol. The number of esters is 2. The minimum atomic E-state index is -1.37. The summed E-state index contributed by atoms with van der Waals surface area (Å²) in [5, 5.41) is 50.7. The highest BCUT2D eigenvalue weighted by Gasteiger charge is 2.36. The summed E-state index contributed by atoms with van der Waals surface area (Å²) in [5.74, 6) is -4.69. The molecule has 1 saturated heterocycles. The van der Waals surface area contributed by atoms with Crippen molar-refractivity contribution >= 4 is 133 Å². The molecule has 602 valence electrons. The zero-order valence-electron chi connectivity index (χ0n) is 64.2. The van der Waals surface area contributed by atoms with Crippen molar-refractivity contribution in [3.63, 3.8) is 0 Å². The standard InChI is InChI=1S/C34H48N6O6.C29H42N6O3.C9H11NO6.C7H8BBrO2/c1-24(2)32(43)39-18-9-23-40-33(44)26-11-8-10-25-28(13-12-27(31(25)26)34(40)45)37-21-19-35-16-6-4-5-7-17-36-20-22-38-29(41)14-15-30(42)46-3;1-21(2)27(36)34-16-8-20-35-28(37)23-10-7-9-22-25(12-11-24(26(22)23)29(35)38)33-19-18-32-15-6-4-3-5-14-31-17-13-30;1-15-8(13)4-5-9(14)16-10-6(11)2-3-7(10)12;9-5-6-3-1-2-4-7(6)8(10)11/h8,10-13,35-37H,1,4-7,9,14-23H2,2-3H3,(H,38,41)(H,39,43);7,9-12,31-33H,1,3-6,8,13-20,30H2,2H3,(H,34,36);2-5H2,1H3;1-4,10-11H,5H2. The molecule has 0 radical (unpaired) electrons. The van der Waals surface area contributed by atoms with E-state index in [1.807, 2.05) is 48.5 Å². The van der Waals surface area contributed by atoms with E-state index in [0.717, 1.165) is 112 Å². The number of nitrogens with two attached hydrogens (primary N) is 1. The van der Waals surface area contributed by atoms with E-state index in [2.05, 4.69) is 91.3 Å². The topological polar surface area (TPSA) is 417 Å². The van der Waals surface area contributed by atoms with E-state index in [0.29, 0.717) is 112 Å². The number of halogens is 1. The summed E-state index contributed by atoms with van der Waals surface area (Å²) >= 11 is 3.25. The Labute approximate surface area is 657 Å². The van der Waals surface area contributed by atoms with Crippen molar-refractivity contribution in [2.75, 3.05) is 130 Å². The molecule has 9 amide bonds. The molecule has 3 aliphatic rings. The summed E-state index contributed by atoms with van der Waals surface area (Å²) in [7, 11) is 1.13. The molecule has 5 aromatic carbocycles. The molecular formula is C79H109BBrN13O17. The molecule has 0 unspecified atom stereocenters. The number of carbonyl (C=O) groups is 12. The number of methoxy groups -OCH3 is 2. The number of hydrogen-bond acceptors (Lipinski definition) is 24. The first-order valence-corrected chi connectivity index (χ1v) is 38.8. The number of carbonyl (C=O) groups excluding carboxylic acids is 12. The molecule has 8 rings (SSSR count). The number of nitrogens with zero attached hydrogens (tertiary/aromatic N) is 3. The third-order valence-corrected chi connectivity index (χ3v) is 18.4. The number of ether oxygens (including phenoxy) is 2. The van der Waals surface area contributed by atoms with Crippen LogP contribution in [0.1, 0.15) is 164 Å². The number of anilines is 2. The zero-order valence-corrected chi connectivity index (χ0v) is 65.8. The fourth-order valence-electron chi connectivity index (χ4n) is 11.8. The van der Waals surface area contributed by atoms with Crippen LogP contribution in [-0.2, 0) is 58.0 Å². The van der Waals surface area contributed by atoms with E-state index in [-0.39, 0.29) is 98.9 Å². The number of hydrogen-bond donors (Lipinski definition) is 12. The number of imide groups is 3. The maximum Gasteiger partial charge on any atom is 0.488 e. The van der Waals surface area contributed by atoms with Crippen LogP contribution >= 0.6 is 15.9 Å². The highest BCUT2D eigenvalue weighted by Crippen LogP contribution is 2.36. The Morgan fingerprint density at radius 1 is 0.468 bits per heavy atom. The van der Waals surface area contributed by atoms with Gasteiger partial charge in [0.25, 0.3) is 35.4 Å². The predicted molar refractivity (Wildman–Crippen MR) is 430 cm³/mol. The second-order valence-corrected chi connectivity index (χ2v) is 26.9. The summed E-state index contributed by atoms with van der Waals surface area (Å²) < 4.78 is 8.84. The average Bonchev–Trinajstić information content (AvgIpc) is 1.17. The zero-order chi connectivity index (χ0) is 81.0. The predicted octanol–water partition coefficient (Wildman–Crippen LogP) is 5.18. The minimum absolute atomic E-state index is 0.0448. The van der Waals surface area contributed by atoms with Gasteiger partial charge in [0.05, 0.1) is 33.5 Å². The van der Waals surface area contributed by atoms with Crippen molar-refractivity contribution in [3.8, 4) is 0 Å².